The van der Waals surface area contributed by atoms with Crippen molar-refractivity contribution in [2.24, 2.45) is 0 Å². The van der Waals surface area contributed by atoms with Crippen molar-refractivity contribution >= 4 is 16.9 Å². The highest BCUT2D eigenvalue weighted by Crippen LogP contribution is 2.21. The van der Waals surface area contributed by atoms with E-state index in [0.717, 1.165) is 23.7 Å². The van der Waals surface area contributed by atoms with Crippen LogP contribution in [0.2, 0.25) is 0 Å². The van der Waals surface area contributed by atoms with Crippen molar-refractivity contribution in [3.63, 3.8) is 0 Å². The van der Waals surface area contributed by atoms with Crippen LogP contribution in [0.5, 0.6) is 0 Å². The molecule has 0 radical (unpaired) electrons. The van der Waals surface area contributed by atoms with Crippen molar-refractivity contribution in [2.45, 2.75) is 33.2 Å². The van der Waals surface area contributed by atoms with E-state index in [2.05, 4.69) is 33.7 Å². The van der Waals surface area contributed by atoms with Crippen LogP contribution >= 0.6 is 0 Å². The molecule has 4 nitrogen and oxygen atoms in total. The zero-order chi connectivity index (χ0) is 11.5. The fourth-order valence-corrected chi connectivity index (χ4v) is 1.95. The normalized spacial score (nSPS) is 10.9. The first kappa shape index (κ1) is 10.9. The molecule has 2 heterocycles. The van der Waals surface area contributed by atoms with E-state index < -0.39 is 0 Å². The molecular weight excluding hydrogens is 200 g/mol. The van der Waals surface area contributed by atoms with Crippen molar-refractivity contribution in [1.29, 1.82) is 0 Å². The molecule has 4 heteroatoms. The molecule has 0 atom stereocenters. The van der Waals surface area contributed by atoms with Gasteiger partial charge in [-0.1, -0.05) is 13.3 Å². The number of nitrogens with zero attached hydrogens (tertiary/aromatic N) is 3. The first-order valence-electron chi connectivity index (χ1n) is 5.77. The minimum atomic E-state index is 0.857. The SMILES string of the molecule is CCCCn1c(C)nc2c(NC)nccc21. The number of unbranched alkanes of at least 4 members (excludes halogenated alkanes) is 1. The van der Waals surface area contributed by atoms with Crippen molar-refractivity contribution in [2.75, 3.05) is 12.4 Å². The molecule has 2 rings (SSSR count). The van der Waals surface area contributed by atoms with E-state index in [9.17, 15) is 0 Å². The highest BCUT2D eigenvalue weighted by Gasteiger charge is 2.10. The Labute approximate surface area is 95.7 Å². The van der Waals surface area contributed by atoms with E-state index in [-0.39, 0.29) is 0 Å². The summed E-state index contributed by atoms with van der Waals surface area (Å²) in [7, 11) is 1.88. The van der Waals surface area contributed by atoms with Gasteiger partial charge in [0.2, 0.25) is 0 Å². The Balaban J connectivity index is 2.52. The lowest BCUT2D eigenvalue weighted by Crippen LogP contribution is -2.00. The fourth-order valence-electron chi connectivity index (χ4n) is 1.95. The third-order valence-corrected chi connectivity index (χ3v) is 2.83. The van der Waals surface area contributed by atoms with E-state index in [0.29, 0.717) is 0 Å². The smallest absolute Gasteiger partial charge is 0.153 e. The molecule has 0 unspecified atom stereocenters. The zero-order valence-corrected chi connectivity index (χ0v) is 10.1. The molecule has 86 valence electrons. The predicted octanol–water partition coefficient (Wildman–Crippen LogP) is 2.58. The summed E-state index contributed by atoms with van der Waals surface area (Å²) in [6.07, 6.45) is 4.21. The van der Waals surface area contributed by atoms with E-state index >= 15 is 0 Å². The van der Waals surface area contributed by atoms with Crippen molar-refractivity contribution < 1.29 is 0 Å². The van der Waals surface area contributed by atoms with Crippen LogP contribution in [-0.4, -0.2) is 21.6 Å². The number of hydrogen-bond donors (Lipinski definition) is 1. The molecule has 16 heavy (non-hydrogen) atoms. The molecule has 0 amide bonds. The van der Waals surface area contributed by atoms with Gasteiger partial charge in [-0.3, -0.25) is 0 Å². The molecule has 1 N–H and O–H groups in total. The van der Waals surface area contributed by atoms with Crippen LogP contribution < -0.4 is 5.32 Å². The van der Waals surface area contributed by atoms with Gasteiger partial charge in [0, 0.05) is 19.8 Å². The number of hydrogen-bond acceptors (Lipinski definition) is 3. The average molecular weight is 218 g/mol. The third kappa shape index (κ3) is 1.75. The van der Waals surface area contributed by atoms with Crippen LogP contribution in [0.3, 0.4) is 0 Å². The van der Waals surface area contributed by atoms with E-state index in [1.54, 1.807) is 0 Å². The number of anilines is 1. The summed E-state index contributed by atoms with van der Waals surface area (Å²) in [5.74, 6) is 1.92. The summed E-state index contributed by atoms with van der Waals surface area (Å²) in [5.41, 5.74) is 2.14. The molecule has 2 aromatic rings. The second-order valence-corrected chi connectivity index (χ2v) is 3.94. The number of imidazole rings is 1. The van der Waals surface area contributed by atoms with Crippen LogP contribution in [-0.2, 0) is 6.54 Å². The number of aryl methyl sites for hydroxylation is 2. The first-order chi connectivity index (χ1) is 7.77. The van der Waals surface area contributed by atoms with Crippen LogP contribution in [0.4, 0.5) is 5.82 Å². The molecule has 0 saturated carbocycles. The maximum Gasteiger partial charge on any atom is 0.153 e. The maximum atomic E-state index is 4.57. The number of aromatic nitrogens is 3. The molecule has 0 aliphatic rings. The molecular formula is C12H18N4. The lowest BCUT2D eigenvalue weighted by molar-refractivity contribution is 0.631. The lowest BCUT2D eigenvalue weighted by atomic mass is 10.3. The van der Waals surface area contributed by atoms with Gasteiger partial charge in [-0.05, 0) is 19.4 Å². The highest BCUT2D eigenvalue weighted by atomic mass is 15.1. The topological polar surface area (TPSA) is 42.7 Å². The van der Waals surface area contributed by atoms with Gasteiger partial charge in [-0.25, -0.2) is 9.97 Å². The summed E-state index contributed by atoms with van der Waals surface area (Å²) in [6, 6.07) is 2.03. The second kappa shape index (κ2) is 4.51. The lowest BCUT2D eigenvalue weighted by Gasteiger charge is -2.05. The Morgan fingerprint density at radius 3 is 2.94 bits per heavy atom. The molecule has 0 fully saturated rings. The largest absolute Gasteiger partial charge is 0.371 e. The molecule has 2 aromatic heterocycles. The molecule has 0 saturated heterocycles. The highest BCUT2D eigenvalue weighted by molar-refractivity contribution is 5.86. The van der Waals surface area contributed by atoms with Gasteiger partial charge < -0.3 is 9.88 Å². The van der Waals surface area contributed by atoms with Crippen LogP contribution in [0.1, 0.15) is 25.6 Å². The minimum absolute atomic E-state index is 0.857. The Kier molecular flexibility index (Phi) is 3.08. The molecule has 0 aliphatic heterocycles. The monoisotopic (exact) mass is 218 g/mol. The van der Waals surface area contributed by atoms with Gasteiger partial charge in [0.25, 0.3) is 0 Å². The number of fused-ring (bicyclic) bond motifs is 1. The molecule has 0 aromatic carbocycles. The number of rotatable bonds is 4. The van der Waals surface area contributed by atoms with Gasteiger partial charge >= 0.3 is 0 Å². The van der Waals surface area contributed by atoms with E-state index in [1.807, 2.05) is 19.3 Å². The Hall–Kier alpha value is -1.58. The Morgan fingerprint density at radius 1 is 1.44 bits per heavy atom. The van der Waals surface area contributed by atoms with E-state index in [1.165, 1.54) is 18.4 Å². The zero-order valence-electron chi connectivity index (χ0n) is 10.1. The molecule has 0 aliphatic carbocycles. The van der Waals surface area contributed by atoms with Gasteiger partial charge in [-0.15, -0.1) is 0 Å². The molecule has 0 bridgehead atoms. The quantitative estimate of drug-likeness (QED) is 0.857. The standard InChI is InChI=1S/C12H18N4/c1-4-5-8-16-9(2)15-11-10(16)6-7-14-12(11)13-3/h6-7H,4-5,8H2,1-3H3,(H,13,14). The second-order valence-electron chi connectivity index (χ2n) is 3.94. The maximum absolute atomic E-state index is 4.57. The van der Waals surface area contributed by atoms with Crippen molar-refractivity contribution in [3.05, 3.63) is 18.1 Å². The fraction of sp³-hybridized carbons (Fsp3) is 0.500. The Bertz CT molecular complexity index is 487. The van der Waals surface area contributed by atoms with E-state index in [4.69, 9.17) is 0 Å². The van der Waals surface area contributed by atoms with Crippen LogP contribution in [0, 0.1) is 6.92 Å². The number of pyridine rings is 1. The Morgan fingerprint density at radius 2 is 2.25 bits per heavy atom. The van der Waals surface area contributed by atoms with Gasteiger partial charge in [0.1, 0.15) is 11.3 Å². The molecule has 0 spiro atoms. The summed E-state index contributed by atoms with van der Waals surface area (Å²) >= 11 is 0. The average Bonchev–Trinajstić information content (AvgIpc) is 2.62. The van der Waals surface area contributed by atoms with Gasteiger partial charge in [-0.2, -0.15) is 0 Å². The summed E-state index contributed by atoms with van der Waals surface area (Å²) in [4.78, 5) is 8.85. The van der Waals surface area contributed by atoms with Crippen molar-refractivity contribution in [3.8, 4) is 0 Å². The summed E-state index contributed by atoms with van der Waals surface area (Å²) in [6.45, 7) is 5.29. The van der Waals surface area contributed by atoms with Gasteiger partial charge in [0.05, 0.1) is 5.52 Å². The van der Waals surface area contributed by atoms with Gasteiger partial charge in [0.15, 0.2) is 5.82 Å². The van der Waals surface area contributed by atoms with Crippen LogP contribution in [0.15, 0.2) is 12.3 Å². The minimum Gasteiger partial charge on any atom is -0.371 e. The first-order valence-corrected chi connectivity index (χ1v) is 5.77. The van der Waals surface area contributed by atoms with Crippen molar-refractivity contribution in [1.82, 2.24) is 14.5 Å². The third-order valence-electron chi connectivity index (χ3n) is 2.83. The predicted molar refractivity (Wildman–Crippen MR) is 66.7 cm³/mol. The number of nitrogens with one attached hydrogen (secondary N) is 1. The van der Waals surface area contributed by atoms with Crippen LogP contribution in [0.25, 0.3) is 11.0 Å². The summed E-state index contributed by atoms with van der Waals surface area (Å²) < 4.78 is 2.27. The summed E-state index contributed by atoms with van der Waals surface area (Å²) in [5, 5.41) is 3.08.